The first-order valence-electron chi connectivity index (χ1n) is 4.23. The van der Waals surface area contributed by atoms with Crippen LogP contribution in [-0.4, -0.2) is 5.11 Å². The Kier molecular flexibility index (Phi) is 3.47. The van der Waals surface area contributed by atoms with Crippen LogP contribution in [0.15, 0.2) is 32.6 Å². The molecule has 5 nitrogen and oxygen atoms in total. The molecule has 85 valence electrons. The van der Waals surface area contributed by atoms with E-state index in [4.69, 9.17) is 4.42 Å². The van der Waals surface area contributed by atoms with Crippen molar-refractivity contribution in [2.45, 2.75) is 6.92 Å². The third-order valence-corrected chi connectivity index (χ3v) is 2.16. The Labute approximate surface area is 101 Å². The van der Waals surface area contributed by atoms with E-state index in [9.17, 15) is 14.8 Å². The number of phenolic OH excluding ortho intramolecular Hbond substituents is 1. The molecule has 6 heteroatoms. The van der Waals surface area contributed by atoms with Crippen LogP contribution < -0.4 is 5.63 Å². The number of fused-ring (bicyclic) bond motifs is 1. The number of aromatic hydroxyl groups is 1. The maximum Gasteiger partial charge on any atom is 2.00 e. The third kappa shape index (κ3) is 1.85. The van der Waals surface area contributed by atoms with Gasteiger partial charge in [0.1, 0.15) is 5.75 Å². The summed E-state index contributed by atoms with van der Waals surface area (Å²) in [4.78, 5) is 21.6. The predicted molar refractivity (Wildman–Crippen MR) is 54.3 cm³/mol. The second-order valence-corrected chi connectivity index (χ2v) is 3.15. The van der Waals surface area contributed by atoms with E-state index in [2.05, 4.69) is 5.18 Å². The summed E-state index contributed by atoms with van der Waals surface area (Å²) in [5, 5.41) is 12.6. The molecule has 0 atom stereocenters. The van der Waals surface area contributed by atoms with Crippen LogP contribution in [0.4, 0.5) is 5.69 Å². The second-order valence-electron chi connectivity index (χ2n) is 3.15. The van der Waals surface area contributed by atoms with Crippen molar-refractivity contribution >= 4 is 16.7 Å². The molecule has 0 aliphatic carbocycles. The molecule has 0 bridgehead atoms. The largest absolute Gasteiger partial charge is 2.00 e. The van der Waals surface area contributed by atoms with Gasteiger partial charge < -0.3 is 9.52 Å². The molecule has 0 unspecified atom stereocenters. The van der Waals surface area contributed by atoms with Crippen molar-refractivity contribution in [2.24, 2.45) is 5.18 Å². The summed E-state index contributed by atoms with van der Waals surface area (Å²) < 4.78 is 4.84. The topological polar surface area (TPSA) is 79.9 Å². The molecular weight excluding hydrogens is 262 g/mol. The normalized spacial score (nSPS) is 9.81. The van der Waals surface area contributed by atoms with E-state index in [1.165, 1.54) is 12.1 Å². The van der Waals surface area contributed by atoms with Crippen molar-refractivity contribution in [3.63, 3.8) is 0 Å². The van der Waals surface area contributed by atoms with Gasteiger partial charge in [-0.1, -0.05) is 0 Å². The molecule has 1 heterocycles. The molecule has 0 saturated heterocycles. The Balaban J connectivity index is 0.00000128. The fourth-order valence-corrected chi connectivity index (χ4v) is 1.45. The maximum atomic E-state index is 11.1. The van der Waals surface area contributed by atoms with Crippen LogP contribution in [0, 0.1) is 11.8 Å². The number of rotatable bonds is 1. The van der Waals surface area contributed by atoms with Crippen LogP contribution in [0.2, 0.25) is 0 Å². The summed E-state index contributed by atoms with van der Waals surface area (Å²) in [7, 11) is 0. The van der Waals surface area contributed by atoms with Crippen LogP contribution in [0.5, 0.6) is 5.75 Å². The van der Waals surface area contributed by atoms with Gasteiger partial charge in [-0.05, 0) is 29.8 Å². The van der Waals surface area contributed by atoms with Crippen LogP contribution in [0.25, 0.3) is 11.0 Å². The number of phenols is 1. The smallest absolute Gasteiger partial charge is 0.505 e. The van der Waals surface area contributed by atoms with Gasteiger partial charge in [-0.2, -0.15) is 0 Å². The van der Waals surface area contributed by atoms with Crippen LogP contribution in [-0.2, 0) is 17.1 Å². The minimum absolute atomic E-state index is 0. The van der Waals surface area contributed by atoms with Gasteiger partial charge in [-0.3, -0.25) is 0 Å². The SMILES string of the molecule is Cc1cc(=O)oc2c(N=O)c(O)ccc12.[Cu+2]. The number of nitrogens with zero attached hydrogens (tertiary/aromatic N) is 1. The van der Waals surface area contributed by atoms with Crippen LogP contribution in [0.3, 0.4) is 0 Å². The van der Waals surface area contributed by atoms with Gasteiger partial charge in [0.15, 0.2) is 11.3 Å². The Morgan fingerprint density at radius 1 is 1.38 bits per heavy atom. The molecule has 1 radical (unpaired) electrons. The average Bonchev–Trinajstić information content (AvgIpc) is 2.17. The van der Waals surface area contributed by atoms with Crippen LogP contribution in [0.1, 0.15) is 5.56 Å². The quantitative estimate of drug-likeness (QED) is 0.488. The summed E-state index contributed by atoms with van der Waals surface area (Å²) in [6.45, 7) is 1.71. The molecular formula is C10H7CuNO4+2. The minimum atomic E-state index is -0.574. The number of nitroso groups, excluding NO2 is 1. The van der Waals surface area contributed by atoms with E-state index in [-0.39, 0.29) is 34.1 Å². The van der Waals surface area contributed by atoms with E-state index in [0.29, 0.717) is 10.9 Å². The fraction of sp³-hybridized carbons (Fsp3) is 0.100. The summed E-state index contributed by atoms with van der Waals surface area (Å²) in [5.41, 5.74) is -0.120. The number of hydrogen-bond acceptors (Lipinski definition) is 5. The molecule has 2 rings (SSSR count). The zero-order valence-corrected chi connectivity index (χ0v) is 9.09. The zero-order valence-electron chi connectivity index (χ0n) is 8.15. The minimum Gasteiger partial charge on any atom is -0.505 e. The summed E-state index contributed by atoms with van der Waals surface area (Å²) >= 11 is 0. The second kappa shape index (κ2) is 4.47. The molecule has 0 amide bonds. The maximum absolute atomic E-state index is 11.1. The molecule has 0 spiro atoms. The Bertz CT molecular complexity index is 606. The van der Waals surface area contributed by atoms with Crippen molar-refractivity contribution in [1.29, 1.82) is 0 Å². The van der Waals surface area contributed by atoms with E-state index in [1.807, 2.05) is 0 Å². The monoisotopic (exact) mass is 268 g/mol. The standard InChI is InChI=1S/C10H7NO4.Cu/c1-5-4-8(13)15-10-6(5)2-3-7(12)9(10)11-14;/h2-4,12H,1H3;/q;+2. The Morgan fingerprint density at radius 2 is 2.06 bits per heavy atom. The number of hydrogen-bond donors (Lipinski definition) is 1. The first kappa shape index (κ1) is 12.4. The fourth-order valence-electron chi connectivity index (χ4n) is 1.45. The first-order valence-corrected chi connectivity index (χ1v) is 4.23. The van der Waals surface area contributed by atoms with Crippen molar-refractivity contribution < 1.29 is 26.6 Å². The van der Waals surface area contributed by atoms with Gasteiger partial charge in [0.05, 0.1) is 0 Å². The molecule has 0 aliphatic heterocycles. The van der Waals surface area contributed by atoms with Crippen molar-refractivity contribution in [3.05, 3.63) is 39.1 Å². The van der Waals surface area contributed by atoms with Gasteiger partial charge >= 0.3 is 22.7 Å². The third-order valence-electron chi connectivity index (χ3n) is 2.16. The van der Waals surface area contributed by atoms with Gasteiger partial charge in [-0.25, -0.2) is 4.79 Å². The average molecular weight is 269 g/mol. The molecule has 16 heavy (non-hydrogen) atoms. The van der Waals surface area contributed by atoms with Gasteiger partial charge in [0.2, 0.25) is 0 Å². The van der Waals surface area contributed by atoms with Crippen molar-refractivity contribution in [1.82, 2.24) is 0 Å². The van der Waals surface area contributed by atoms with Crippen molar-refractivity contribution in [3.8, 4) is 5.75 Å². The predicted octanol–water partition coefficient (Wildman–Crippen LogP) is 2.20. The van der Waals surface area contributed by atoms with Gasteiger partial charge in [-0.15, -0.1) is 4.91 Å². The molecule has 0 saturated carbocycles. The Morgan fingerprint density at radius 3 is 2.69 bits per heavy atom. The van der Waals surface area contributed by atoms with Crippen LogP contribution >= 0.6 is 0 Å². The molecule has 2 aromatic rings. The van der Waals surface area contributed by atoms with Crippen molar-refractivity contribution in [2.75, 3.05) is 0 Å². The van der Waals surface area contributed by atoms with E-state index in [1.54, 1.807) is 13.0 Å². The van der Waals surface area contributed by atoms with E-state index in [0.717, 1.165) is 0 Å². The molecule has 0 aliphatic rings. The van der Waals surface area contributed by atoms with Gasteiger partial charge in [0, 0.05) is 11.5 Å². The summed E-state index contributed by atoms with van der Waals surface area (Å²) in [5.74, 6) is -0.300. The van der Waals surface area contributed by atoms with E-state index < -0.39 is 5.63 Å². The Hall–Kier alpha value is -1.65. The first-order chi connectivity index (χ1) is 7.13. The molecule has 1 aromatic heterocycles. The zero-order chi connectivity index (χ0) is 11.0. The number of aryl methyl sites for hydroxylation is 1. The molecule has 1 N–H and O–H groups in total. The van der Waals surface area contributed by atoms with E-state index >= 15 is 0 Å². The molecule has 0 fully saturated rings. The number of benzene rings is 1. The summed E-state index contributed by atoms with van der Waals surface area (Å²) in [6, 6.07) is 4.22. The van der Waals surface area contributed by atoms with Gasteiger partial charge in [0.25, 0.3) is 0 Å². The molecule has 1 aromatic carbocycles. The summed E-state index contributed by atoms with van der Waals surface area (Å²) in [6.07, 6.45) is 0.